The Morgan fingerprint density at radius 3 is 2.56 bits per heavy atom. The van der Waals surface area contributed by atoms with Gasteiger partial charge >= 0.3 is 12.2 Å². The molecule has 1 aromatic carbocycles. The number of ether oxygens (including phenoxy) is 1. The van der Waals surface area contributed by atoms with Crippen LogP contribution >= 0.6 is 15.9 Å². The van der Waals surface area contributed by atoms with Crippen LogP contribution in [0, 0.1) is 11.6 Å². The number of pyridine rings is 1. The van der Waals surface area contributed by atoms with Gasteiger partial charge in [0, 0.05) is 12.3 Å². The highest BCUT2D eigenvalue weighted by Gasteiger charge is 2.23. The second-order valence-electron chi connectivity index (χ2n) is 5.09. The van der Waals surface area contributed by atoms with E-state index in [0.29, 0.717) is 10.6 Å². The van der Waals surface area contributed by atoms with Crippen LogP contribution in [-0.4, -0.2) is 24.6 Å². The molecule has 2 N–H and O–H groups in total. The predicted octanol–water partition coefficient (Wildman–Crippen LogP) is 3.07. The summed E-state index contributed by atoms with van der Waals surface area (Å²) in [5.41, 5.74) is -1.93. The van der Waals surface area contributed by atoms with Gasteiger partial charge in [-0.1, -0.05) is 0 Å². The third-order valence-electron chi connectivity index (χ3n) is 3.38. The fourth-order valence-electron chi connectivity index (χ4n) is 2.24. The second-order valence-corrected chi connectivity index (χ2v) is 7.60. The number of benzene rings is 1. The highest BCUT2D eigenvalue weighted by Crippen LogP contribution is 2.26. The van der Waals surface area contributed by atoms with Crippen LogP contribution in [0.2, 0.25) is 0 Å². The molecule has 0 unspecified atom stereocenters. The minimum absolute atomic E-state index is 0.201. The zero-order valence-corrected chi connectivity index (χ0v) is 15.2. The smallest absolute Gasteiger partial charge is 0.387 e. The van der Waals surface area contributed by atoms with E-state index in [1.807, 2.05) is 4.72 Å². The number of alkyl halides is 2. The maximum atomic E-state index is 13.9. The van der Waals surface area contributed by atoms with Gasteiger partial charge < -0.3 is 4.74 Å². The molecule has 13 heteroatoms. The van der Waals surface area contributed by atoms with Gasteiger partial charge in [-0.15, -0.1) is 0 Å². The molecular formula is C14H8BrF4N3O4S. The molecule has 0 aliphatic rings. The van der Waals surface area contributed by atoms with E-state index in [1.165, 1.54) is 0 Å². The van der Waals surface area contributed by atoms with Crippen LogP contribution in [0.4, 0.5) is 23.2 Å². The van der Waals surface area contributed by atoms with Crippen molar-refractivity contribution in [2.45, 2.75) is 11.5 Å². The molecule has 3 aromatic rings. The Morgan fingerprint density at radius 1 is 1.19 bits per heavy atom. The molecule has 27 heavy (non-hydrogen) atoms. The van der Waals surface area contributed by atoms with Crippen molar-refractivity contribution < 1.29 is 30.7 Å². The van der Waals surface area contributed by atoms with E-state index in [-0.39, 0.29) is 9.99 Å². The standard InChI is InChI=1S/C14H8BrF4N3O4S/c15-6-3-8(17)9(4-7(6)16)21-27(24,25)12-5-20-22-10(12)1-2-11(13(22)23)26-14(18)19/h1-5,14,20-21H. The molecule has 144 valence electrons. The number of nitrogens with one attached hydrogen (secondary N) is 2. The average molecular weight is 470 g/mol. The quantitative estimate of drug-likeness (QED) is 0.443. The van der Waals surface area contributed by atoms with Crippen LogP contribution in [0.5, 0.6) is 5.75 Å². The number of H-pyrrole nitrogens is 1. The van der Waals surface area contributed by atoms with Crippen LogP contribution in [0.3, 0.4) is 0 Å². The average Bonchev–Trinajstić information content (AvgIpc) is 3.00. The molecular weight excluding hydrogens is 462 g/mol. The van der Waals surface area contributed by atoms with Gasteiger partial charge in [0.1, 0.15) is 16.5 Å². The van der Waals surface area contributed by atoms with Gasteiger partial charge in [0.15, 0.2) is 5.75 Å². The van der Waals surface area contributed by atoms with Gasteiger partial charge in [0.25, 0.3) is 10.0 Å². The van der Waals surface area contributed by atoms with Gasteiger partial charge in [-0.05, 0) is 34.1 Å². The van der Waals surface area contributed by atoms with Crippen molar-refractivity contribution >= 4 is 37.2 Å². The minimum Gasteiger partial charge on any atom is -0.429 e. The highest BCUT2D eigenvalue weighted by molar-refractivity contribution is 9.10. The lowest BCUT2D eigenvalue weighted by molar-refractivity contribution is -0.0509. The minimum atomic E-state index is -4.45. The summed E-state index contributed by atoms with van der Waals surface area (Å²) < 4.78 is 83.4. The topological polar surface area (TPSA) is 92.7 Å². The maximum absolute atomic E-state index is 13.9. The van der Waals surface area contributed by atoms with E-state index in [2.05, 4.69) is 25.8 Å². The highest BCUT2D eigenvalue weighted by atomic mass is 79.9. The van der Waals surface area contributed by atoms with Crippen molar-refractivity contribution in [3.63, 3.8) is 0 Å². The summed E-state index contributed by atoms with van der Waals surface area (Å²) in [5.74, 6) is -2.66. The summed E-state index contributed by atoms with van der Waals surface area (Å²) in [6.45, 7) is -3.24. The van der Waals surface area contributed by atoms with Crippen molar-refractivity contribution in [1.29, 1.82) is 0 Å². The van der Waals surface area contributed by atoms with E-state index in [9.17, 15) is 30.8 Å². The predicted molar refractivity (Wildman–Crippen MR) is 89.5 cm³/mol. The lowest BCUT2D eigenvalue weighted by atomic mass is 10.3. The van der Waals surface area contributed by atoms with Crippen molar-refractivity contribution in [2.24, 2.45) is 0 Å². The van der Waals surface area contributed by atoms with Gasteiger partial charge in [0.05, 0.1) is 15.7 Å². The molecule has 0 bridgehead atoms. The summed E-state index contributed by atoms with van der Waals surface area (Å²) in [6, 6.07) is 3.28. The summed E-state index contributed by atoms with van der Waals surface area (Å²) in [6.07, 6.45) is 0.887. The summed E-state index contributed by atoms with van der Waals surface area (Å²) >= 11 is 2.76. The summed E-state index contributed by atoms with van der Waals surface area (Å²) in [5, 5.41) is 2.28. The Morgan fingerprint density at radius 2 is 1.89 bits per heavy atom. The lowest BCUT2D eigenvalue weighted by Crippen LogP contribution is -2.19. The zero-order valence-electron chi connectivity index (χ0n) is 12.8. The lowest BCUT2D eigenvalue weighted by Gasteiger charge is -2.09. The number of nitrogens with zero attached hydrogens (tertiary/aromatic N) is 1. The number of halogens is 5. The van der Waals surface area contributed by atoms with Crippen LogP contribution in [0.1, 0.15) is 0 Å². The van der Waals surface area contributed by atoms with E-state index in [4.69, 9.17) is 0 Å². The molecule has 0 amide bonds. The molecule has 0 saturated heterocycles. The molecule has 7 nitrogen and oxygen atoms in total. The second kappa shape index (κ2) is 6.88. The molecule has 0 aliphatic heterocycles. The van der Waals surface area contributed by atoms with E-state index in [1.54, 1.807) is 0 Å². The van der Waals surface area contributed by atoms with Crippen LogP contribution in [0.25, 0.3) is 5.52 Å². The number of sulfonamides is 1. The third kappa shape index (κ3) is 3.64. The van der Waals surface area contributed by atoms with Crippen molar-refractivity contribution in [3.8, 4) is 5.75 Å². The van der Waals surface area contributed by atoms with E-state index < -0.39 is 50.2 Å². The monoisotopic (exact) mass is 469 g/mol. The molecule has 0 saturated carbocycles. The van der Waals surface area contributed by atoms with Crippen molar-refractivity contribution in [3.05, 3.63) is 56.9 Å². The first-order valence-electron chi connectivity index (χ1n) is 6.95. The molecule has 3 rings (SSSR count). The number of aromatic nitrogens is 2. The molecule has 0 fully saturated rings. The molecule has 2 aromatic heterocycles. The molecule has 0 atom stereocenters. The Hall–Kier alpha value is -2.54. The number of anilines is 1. The molecule has 0 radical (unpaired) electrons. The van der Waals surface area contributed by atoms with Gasteiger partial charge in [0.2, 0.25) is 0 Å². The van der Waals surface area contributed by atoms with E-state index >= 15 is 0 Å². The fourth-order valence-corrected chi connectivity index (χ4v) is 3.75. The fraction of sp³-hybridized carbons (Fsp3) is 0.0714. The summed E-state index contributed by atoms with van der Waals surface area (Å²) in [7, 11) is -4.45. The SMILES string of the molecule is O=c1c(OC(F)F)ccc2c(S(=O)(=O)Nc3cc(F)c(Br)cc3F)c[nH]n12. The normalized spacial score (nSPS) is 11.9. The summed E-state index contributed by atoms with van der Waals surface area (Å²) in [4.78, 5) is 11.5. The first-order valence-corrected chi connectivity index (χ1v) is 9.23. The third-order valence-corrected chi connectivity index (χ3v) is 5.39. The number of fused-ring (bicyclic) bond motifs is 1. The number of hydrogen-bond acceptors (Lipinski definition) is 4. The van der Waals surface area contributed by atoms with Crippen LogP contribution < -0.4 is 15.0 Å². The van der Waals surface area contributed by atoms with Gasteiger partial charge in [-0.3, -0.25) is 14.6 Å². The Bertz CT molecular complexity index is 1190. The Labute approximate surface area is 156 Å². The van der Waals surface area contributed by atoms with Crippen LogP contribution in [0.15, 0.2) is 44.6 Å². The Kier molecular flexibility index (Phi) is 4.90. The number of aromatic amines is 1. The number of rotatable bonds is 5. The van der Waals surface area contributed by atoms with Gasteiger partial charge in [-0.2, -0.15) is 8.78 Å². The maximum Gasteiger partial charge on any atom is 0.387 e. The van der Waals surface area contributed by atoms with Gasteiger partial charge in [-0.25, -0.2) is 21.7 Å². The zero-order chi connectivity index (χ0) is 19.9. The number of hydrogen-bond donors (Lipinski definition) is 2. The molecule has 0 spiro atoms. The molecule has 2 heterocycles. The Balaban J connectivity index is 2.05. The molecule has 0 aliphatic carbocycles. The van der Waals surface area contributed by atoms with E-state index in [0.717, 1.165) is 24.4 Å². The first kappa shape index (κ1) is 19.2. The van der Waals surface area contributed by atoms with Crippen LogP contribution in [-0.2, 0) is 10.0 Å². The van der Waals surface area contributed by atoms with Crippen molar-refractivity contribution in [1.82, 2.24) is 9.61 Å². The first-order chi connectivity index (χ1) is 12.6. The largest absolute Gasteiger partial charge is 0.429 e. The van der Waals surface area contributed by atoms with Crippen molar-refractivity contribution in [2.75, 3.05) is 4.72 Å².